The van der Waals surface area contributed by atoms with Gasteiger partial charge in [0.05, 0.1) is 17.1 Å². The number of hydrogen-bond acceptors (Lipinski definition) is 6. The third kappa shape index (κ3) is 3.18. The number of anilines is 2. The molecule has 1 aromatic carbocycles. The molecule has 3 rings (SSSR count). The number of esters is 1. The molecule has 0 saturated heterocycles. The largest absolute Gasteiger partial charge is 0.452 e. The Morgan fingerprint density at radius 2 is 2.00 bits per heavy atom. The molecular formula is C19H21N3O5. The maximum absolute atomic E-state index is 12.9. The minimum absolute atomic E-state index is 0.237. The number of aromatic nitrogens is 1. The average molecular weight is 371 g/mol. The number of rotatable bonds is 4. The van der Waals surface area contributed by atoms with E-state index in [1.54, 1.807) is 45.0 Å². The molecule has 0 bridgehead atoms. The molecule has 2 heterocycles. The van der Waals surface area contributed by atoms with Gasteiger partial charge in [-0.1, -0.05) is 24.2 Å². The number of amides is 2. The zero-order chi connectivity index (χ0) is 19.8. The predicted molar refractivity (Wildman–Crippen MR) is 97.5 cm³/mol. The van der Waals surface area contributed by atoms with Crippen LogP contribution in [0.25, 0.3) is 0 Å². The second-order valence-corrected chi connectivity index (χ2v) is 6.75. The lowest BCUT2D eigenvalue weighted by molar-refractivity contribution is -0.128. The number of nitrogens with one attached hydrogen (secondary N) is 1. The van der Waals surface area contributed by atoms with Crippen LogP contribution in [0.1, 0.15) is 42.6 Å². The van der Waals surface area contributed by atoms with Crippen LogP contribution in [0.5, 0.6) is 0 Å². The maximum Gasteiger partial charge on any atom is 0.344 e. The zero-order valence-electron chi connectivity index (χ0n) is 15.7. The summed E-state index contributed by atoms with van der Waals surface area (Å²) in [5, 5.41) is 6.59. The van der Waals surface area contributed by atoms with Crippen molar-refractivity contribution in [3.63, 3.8) is 0 Å². The summed E-state index contributed by atoms with van der Waals surface area (Å²) in [5.41, 5.74) is 0.678. The van der Waals surface area contributed by atoms with Crippen LogP contribution in [-0.4, -0.2) is 35.1 Å². The van der Waals surface area contributed by atoms with Crippen LogP contribution in [0.4, 0.5) is 11.4 Å². The summed E-state index contributed by atoms with van der Waals surface area (Å²) in [6.07, 6.45) is 0.502. The van der Waals surface area contributed by atoms with Crippen LogP contribution >= 0.6 is 0 Å². The fourth-order valence-electron chi connectivity index (χ4n) is 3.08. The number of carbonyl (C=O) groups excluding carboxylic acids is 3. The van der Waals surface area contributed by atoms with E-state index >= 15 is 0 Å². The topological polar surface area (TPSA) is 102 Å². The van der Waals surface area contributed by atoms with Crippen molar-refractivity contribution in [2.24, 2.45) is 0 Å². The standard InChI is InChI=1S/C19H21N3O5/c1-5-12-16(11(2)27-21-12)17(24)26-10-15(23)22-14-9-7-6-8-13(14)20-18(25)19(22,3)4/h6-9H,5,10H2,1-4H3,(H,20,25). The number of carbonyl (C=O) groups is 3. The fraction of sp³-hybridized carbons (Fsp3) is 0.368. The smallest absolute Gasteiger partial charge is 0.344 e. The molecule has 0 spiro atoms. The number of nitrogens with zero attached hydrogens (tertiary/aromatic N) is 2. The lowest BCUT2D eigenvalue weighted by Crippen LogP contribution is -2.59. The van der Waals surface area contributed by atoms with Gasteiger partial charge in [0.25, 0.3) is 5.91 Å². The van der Waals surface area contributed by atoms with Gasteiger partial charge in [0.15, 0.2) is 6.61 Å². The second kappa shape index (κ2) is 6.86. The monoisotopic (exact) mass is 371 g/mol. The van der Waals surface area contributed by atoms with Crippen LogP contribution in [0, 0.1) is 6.92 Å². The van der Waals surface area contributed by atoms with Gasteiger partial charge < -0.3 is 14.6 Å². The Kier molecular flexibility index (Phi) is 4.73. The SMILES string of the molecule is CCc1noc(C)c1C(=O)OCC(=O)N1c2ccccc2NC(=O)C1(C)C. The van der Waals surface area contributed by atoms with Crippen molar-refractivity contribution in [2.45, 2.75) is 39.7 Å². The highest BCUT2D eigenvalue weighted by Crippen LogP contribution is 2.36. The first-order chi connectivity index (χ1) is 12.8. The molecule has 2 aromatic rings. The molecular weight excluding hydrogens is 350 g/mol. The van der Waals surface area contributed by atoms with E-state index in [2.05, 4.69) is 10.5 Å². The van der Waals surface area contributed by atoms with Gasteiger partial charge in [0.2, 0.25) is 5.91 Å². The summed E-state index contributed by atoms with van der Waals surface area (Å²) in [6, 6.07) is 6.98. The third-order valence-electron chi connectivity index (χ3n) is 4.56. The van der Waals surface area contributed by atoms with Crippen LogP contribution in [-0.2, 0) is 20.7 Å². The van der Waals surface area contributed by atoms with E-state index in [1.807, 2.05) is 6.92 Å². The molecule has 0 fully saturated rings. The Labute approximate surface area is 156 Å². The minimum Gasteiger partial charge on any atom is -0.452 e. The van der Waals surface area contributed by atoms with E-state index < -0.39 is 24.0 Å². The highest BCUT2D eigenvalue weighted by molar-refractivity contribution is 6.14. The summed E-state index contributed by atoms with van der Waals surface area (Å²) >= 11 is 0. The lowest BCUT2D eigenvalue weighted by atomic mass is 9.96. The first kappa shape index (κ1) is 18.6. The number of benzene rings is 1. The Morgan fingerprint density at radius 1 is 1.30 bits per heavy atom. The summed E-state index contributed by atoms with van der Waals surface area (Å²) in [7, 11) is 0. The highest BCUT2D eigenvalue weighted by atomic mass is 16.5. The van der Waals surface area contributed by atoms with Gasteiger partial charge in [-0.15, -0.1) is 0 Å². The van der Waals surface area contributed by atoms with Crippen molar-refractivity contribution in [3.05, 3.63) is 41.3 Å². The first-order valence-corrected chi connectivity index (χ1v) is 8.63. The summed E-state index contributed by atoms with van der Waals surface area (Å²) in [6.45, 7) is 6.22. The number of ether oxygens (including phenoxy) is 1. The Morgan fingerprint density at radius 3 is 2.70 bits per heavy atom. The molecule has 1 aliphatic rings. The number of hydrogen-bond donors (Lipinski definition) is 1. The van der Waals surface area contributed by atoms with E-state index in [9.17, 15) is 14.4 Å². The second-order valence-electron chi connectivity index (χ2n) is 6.75. The molecule has 1 aromatic heterocycles. The van der Waals surface area contributed by atoms with Crippen molar-refractivity contribution in [1.82, 2.24) is 5.16 Å². The van der Waals surface area contributed by atoms with Gasteiger partial charge in [-0.3, -0.25) is 14.5 Å². The molecule has 0 unspecified atom stereocenters. The van der Waals surface area contributed by atoms with Gasteiger partial charge >= 0.3 is 5.97 Å². The first-order valence-electron chi connectivity index (χ1n) is 8.63. The summed E-state index contributed by atoms with van der Waals surface area (Å²) < 4.78 is 10.2. The van der Waals surface area contributed by atoms with Crippen molar-refractivity contribution >= 4 is 29.2 Å². The van der Waals surface area contributed by atoms with Crippen molar-refractivity contribution < 1.29 is 23.6 Å². The molecule has 0 aliphatic carbocycles. The molecule has 8 heteroatoms. The van der Waals surface area contributed by atoms with E-state index in [4.69, 9.17) is 9.26 Å². The molecule has 2 amide bonds. The van der Waals surface area contributed by atoms with Crippen molar-refractivity contribution in [2.75, 3.05) is 16.8 Å². The average Bonchev–Trinajstić information content (AvgIpc) is 3.01. The van der Waals surface area contributed by atoms with Gasteiger partial charge in [0.1, 0.15) is 16.9 Å². The van der Waals surface area contributed by atoms with E-state index in [-0.39, 0.29) is 11.5 Å². The van der Waals surface area contributed by atoms with E-state index in [0.717, 1.165) is 0 Å². The molecule has 1 N–H and O–H groups in total. The summed E-state index contributed by atoms with van der Waals surface area (Å²) in [5.74, 6) is -1.15. The molecule has 27 heavy (non-hydrogen) atoms. The molecule has 142 valence electrons. The van der Waals surface area contributed by atoms with Gasteiger partial charge in [-0.2, -0.15) is 0 Å². The number of fused-ring (bicyclic) bond motifs is 1. The van der Waals surface area contributed by atoms with Crippen molar-refractivity contribution in [1.29, 1.82) is 0 Å². The minimum atomic E-state index is -1.13. The van der Waals surface area contributed by atoms with E-state index in [0.29, 0.717) is 29.2 Å². The zero-order valence-corrected chi connectivity index (χ0v) is 15.7. The Bertz CT molecular complexity index is 916. The predicted octanol–water partition coefficient (Wildman–Crippen LogP) is 2.47. The van der Waals surface area contributed by atoms with Crippen LogP contribution in [0.3, 0.4) is 0 Å². The lowest BCUT2D eigenvalue weighted by Gasteiger charge is -2.41. The molecule has 0 atom stereocenters. The van der Waals surface area contributed by atoms with Crippen LogP contribution in [0.15, 0.2) is 28.8 Å². The number of para-hydroxylation sites is 2. The molecule has 8 nitrogen and oxygen atoms in total. The third-order valence-corrected chi connectivity index (χ3v) is 4.56. The quantitative estimate of drug-likeness (QED) is 0.829. The molecule has 0 saturated carbocycles. The number of aryl methyl sites for hydroxylation is 2. The van der Waals surface area contributed by atoms with E-state index in [1.165, 1.54) is 4.90 Å². The maximum atomic E-state index is 12.9. The van der Waals surface area contributed by atoms with Gasteiger partial charge in [0, 0.05) is 0 Å². The highest BCUT2D eigenvalue weighted by Gasteiger charge is 2.43. The molecule has 0 radical (unpaired) electrons. The Hall–Kier alpha value is -3.16. The summed E-state index contributed by atoms with van der Waals surface area (Å²) in [4.78, 5) is 39.0. The fourth-order valence-corrected chi connectivity index (χ4v) is 3.08. The van der Waals surface area contributed by atoms with Gasteiger partial charge in [-0.05, 0) is 39.3 Å². The van der Waals surface area contributed by atoms with Crippen molar-refractivity contribution in [3.8, 4) is 0 Å². The molecule has 1 aliphatic heterocycles. The van der Waals surface area contributed by atoms with Crippen LogP contribution in [0.2, 0.25) is 0 Å². The normalized spacial score (nSPS) is 15.1. The van der Waals surface area contributed by atoms with Crippen LogP contribution < -0.4 is 10.2 Å². The Balaban J connectivity index is 1.82. The van der Waals surface area contributed by atoms with Gasteiger partial charge in [-0.25, -0.2) is 4.79 Å².